The van der Waals surface area contributed by atoms with Gasteiger partial charge in [-0.2, -0.15) is 0 Å². The zero-order valence-corrected chi connectivity index (χ0v) is 11.0. The van der Waals surface area contributed by atoms with E-state index >= 15 is 0 Å². The van der Waals surface area contributed by atoms with Crippen LogP contribution in [0.4, 0.5) is 5.69 Å². The first-order valence-corrected chi connectivity index (χ1v) is 7.52. The molecule has 0 saturated heterocycles. The second-order valence-corrected chi connectivity index (χ2v) is 7.47. The predicted octanol–water partition coefficient (Wildman–Crippen LogP) is 3.05. The van der Waals surface area contributed by atoms with Gasteiger partial charge in [0.1, 0.15) is 7.14 Å². The highest BCUT2D eigenvalue weighted by Gasteiger charge is 2.26. The third-order valence-corrected chi connectivity index (χ3v) is 5.99. The summed E-state index contributed by atoms with van der Waals surface area (Å²) in [6.07, 6.45) is 1.78. The number of allylic oxidation sites excluding steroid dienone is 1. The molecule has 2 rings (SSSR count). The summed E-state index contributed by atoms with van der Waals surface area (Å²) < 4.78 is 12.6. The second-order valence-electron chi connectivity index (χ2n) is 4.66. The van der Waals surface area contributed by atoms with Crippen molar-refractivity contribution < 1.29 is 4.57 Å². The van der Waals surface area contributed by atoms with Crippen LogP contribution < -0.4 is 10.2 Å². The normalized spacial score (nSPS) is 24.3. The Hall–Kier alpha value is -1.01. The molecule has 0 bridgehead atoms. The summed E-state index contributed by atoms with van der Waals surface area (Å²) in [6, 6.07) is 8.09. The number of hydrogen-bond acceptors (Lipinski definition) is 2. The molecule has 3 heteroatoms. The van der Waals surface area contributed by atoms with Gasteiger partial charge in [0, 0.05) is 31.2 Å². The molecule has 1 heterocycles. The van der Waals surface area contributed by atoms with Gasteiger partial charge in [-0.25, -0.2) is 0 Å². The summed E-state index contributed by atoms with van der Waals surface area (Å²) in [4.78, 5) is 2.05. The van der Waals surface area contributed by atoms with Gasteiger partial charge in [0.25, 0.3) is 0 Å². The molecule has 86 valence electrons. The van der Waals surface area contributed by atoms with Crippen LogP contribution in [0.1, 0.15) is 13.3 Å². The molecule has 0 aromatic heterocycles. The lowest BCUT2D eigenvalue weighted by atomic mass is 10.3. The van der Waals surface area contributed by atoms with Gasteiger partial charge in [-0.15, -0.1) is 0 Å². The van der Waals surface area contributed by atoms with E-state index < -0.39 is 7.14 Å². The van der Waals surface area contributed by atoms with Crippen LogP contribution >= 0.6 is 7.14 Å². The van der Waals surface area contributed by atoms with Crippen LogP contribution in [0.25, 0.3) is 0 Å². The van der Waals surface area contributed by atoms with Crippen LogP contribution in [-0.2, 0) is 4.57 Å². The summed E-state index contributed by atoms with van der Waals surface area (Å²) in [5.74, 6) is 1.98. The fraction of sp³-hybridized carbons (Fsp3) is 0.385. The van der Waals surface area contributed by atoms with Crippen molar-refractivity contribution in [3.63, 3.8) is 0 Å². The number of anilines is 1. The minimum Gasteiger partial charge on any atom is -0.378 e. The van der Waals surface area contributed by atoms with Gasteiger partial charge < -0.3 is 9.46 Å². The van der Waals surface area contributed by atoms with Crippen LogP contribution in [0.3, 0.4) is 0 Å². The quantitative estimate of drug-likeness (QED) is 0.734. The number of nitrogens with zero attached hydrogens (tertiary/aromatic N) is 1. The van der Waals surface area contributed by atoms with Crippen molar-refractivity contribution in [2.24, 2.45) is 0 Å². The van der Waals surface area contributed by atoms with Gasteiger partial charge in [0.05, 0.1) is 0 Å². The van der Waals surface area contributed by atoms with Crippen LogP contribution in [0.15, 0.2) is 35.7 Å². The van der Waals surface area contributed by atoms with Crippen LogP contribution in [-0.4, -0.2) is 20.3 Å². The van der Waals surface area contributed by atoms with Gasteiger partial charge in [-0.1, -0.05) is 5.57 Å². The van der Waals surface area contributed by atoms with Crippen molar-refractivity contribution in [1.29, 1.82) is 0 Å². The number of hydrogen-bond donors (Lipinski definition) is 0. The lowest BCUT2D eigenvalue weighted by molar-refractivity contribution is 0.587. The van der Waals surface area contributed by atoms with E-state index in [9.17, 15) is 4.57 Å². The first kappa shape index (κ1) is 11.5. The van der Waals surface area contributed by atoms with E-state index in [-0.39, 0.29) is 0 Å². The Labute approximate surface area is 97.3 Å². The Balaban J connectivity index is 2.32. The topological polar surface area (TPSA) is 20.3 Å². The Morgan fingerprint density at radius 2 is 1.81 bits per heavy atom. The lowest BCUT2D eigenvalue weighted by Crippen LogP contribution is -2.10. The molecule has 0 aliphatic carbocycles. The van der Waals surface area contributed by atoms with E-state index in [0.29, 0.717) is 0 Å². The standard InChI is InChI=1S/C13H18NOP/c1-11-8-9-16(15,10-11)13-6-4-12(5-7-13)14(2)3/h4-7,10H,8-9H2,1-3H3. The fourth-order valence-corrected chi connectivity index (χ4v) is 4.75. The molecule has 1 aromatic rings. The summed E-state index contributed by atoms with van der Waals surface area (Å²) in [6.45, 7) is 2.06. The molecule has 1 aromatic carbocycles. The van der Waals surface area contributed by atoms with Gasteiger partial charge in [-0.3, -0.25) is 0 Å². The van der Waals surface area contributed by atoms with E-state index in [0.717, 1.165) is 23.6 Å². The number of rotatable bonds is 2. The van der Waals surface area contributed by atoms with Gasteiger partial charge in [0.15, 0.2) is 0 Å². The maximum absolute atomic E-state index is 12.6. The van der Waals surface area contributed by atoms with Gasteiger partial charge >= 0.3 is 0 Å². The SMILES string of the molecule is CC1=CP(=O)(c2ccc(N(C)C)cc2)CC1. The van der Waals surface area contributed by atoms with E-state index in [1.54, 1.807) is 0 Å². The molecule has 1 unspecified atom stereocenters. The third-order valence-electron chi connectivity index (χ3n) is 3.07. The van der Waals surface area contributed by atoms with Crippen molar-refractivity contribution >= 4 is 18.1 Å². The summed E-state index contributed by atoms with van der Waals surface area (Å²) >= 11 is 0. The summed E-state index contributed by atoms with van der Waals surface area (Å²) in [5.41, 5.74) is 2.41. The summed E-state index contributed by atoms with van der Waals surface area (Å²) in [5, 5.41) is 0.995. The van der Waals surface area contributed by atoms with Crippen molar-refractivity contribution in [1.82, 2.24) is 0 Å². The Kier molecular flexibility index (Phi) is 2.94. The largest absolute Gasteiger partial charge is 0.378 e. The highest BCUT2D eigenvalue weighted by molar-refractivity contribution is 7.74. The number of benzene rings is 1. The highest BCUT2D eigenvalue weighted by atomic mass is 31.2. The molecule has 0 amide bonds. The molecule has 0 spiro atoms. The molecular weight excluding hydrogens is 217 g/mol. The molecule has 0 radical (unpaired) electrons. The van der Waals surface area contributed by atoms with E-state index in [1.807, 2.05) is 44.2 Å². The molecule has 0 fully saturated rings. The van der Waals surface area contributed by atoms with Crippen LogP contribution in [0, 0.1) is 0 Å². The molecule has 2 nitrogen and oxygen atoms in total. The smallest absolute Gasteiger partial charge is 0.136 e. The Morgan fingerprint density at radius 1 is 1.19 bits per heavy atom. The molecule has 1 aliphatic rings. The molecular formula is C13H18NOP. The van der Waals surface area contributed by atoms with Crippen LogP contribution in [0.5, 0.6) is 0 Å². The molecule has 1 atom stereocenters. The first-order chi connectivity index (χ1) is 7.51. The van der Waals surface area contributed by atoms with E-state index in [4.69, 9.17) is 0 Å². The Morgan fingerprint density at radius 3 is 2.25 bits per heavy atom. The van der Waals surface area contributed by atoms with E-state index in [2.05, 4.69) is 11.8 Å². The minimum absolute atomic E-state index is 0.806. The maximum Gasteiger partial charge on any atom is 0.136 e. The average Bonchev–Trinajstić information content (AvgIpc) is 2.60. The van der Waals surface area contributed by atoms with Crippen molar-refractivity contribution in [2.75, 3.05) is 25.2 Å². The average molecular weight is 235 g/mol. The maximum atomic E-state index is 12.6. The van der Waals surface area contributed by atoms with Gasteiger partial charge in [0.2, 0.25) is 0 Å². The zero-order valence-electron chi connectivity index (χ0n) is 10.1. The minimum atomic E-state index is -2.21. The first-order valence-electron chi connectivity index (χ1n) is 5.56. The summed E-state index contributed by atoms with van der Waals surface area (Å²) in [7, 11) is 1.81. The third kappa shape index (κ3) is 2.08. The predicted molar refractivity (Wildman–Crippen MR) is 71.3 cm³/mol. The van der Waals surface area contributed by atoms with Crippen molar-refractivity contribution in [2.45, 2.75) is 13.3 Å². The fourth-order valence-electron chi connectivity index (χ4n) is 2.03. The molecule has 1 aliphatic heterocycles. The second kappa shape index (κ2) is 4.10. The zero-order chi connectivity index (χ0) is 11.8. The van der Waals surface area contributed by atoms with Crippen molar-refractivity contribution in [3.05, 3.63) is 35.7 Å². The highest BCUT2D eigenvalue weighted by Crippen LogP contribution is 2.52. The molecule has 0 saturated carbocycles. The Bertz CT molecular complexity index is 459. The van der Waals surface area contributed by atoms with Crippen molar-refractivity contribution in [3.8, 4) is 0 Å². The monoisotopic (exact) mass is 235 g/mol. The molecule has 16 heavy (non-hydrogen) atoms. The van der Waals surface area contributed by atoms with Crippen LogP contribution in [0.2, 0.25) is 0 Å². The van der Waals surface area contributed by atoms with Gasteiger partial charge in [-0.05, 0) is 43.4 Å². The van der Waals surface area contributed by atoms with E-state index in [1.165, 1.54) is 5.57 Å². The molecule has 0 N–H and O–H groups in total. The lowest BCUT2D eigenvalue weighted by Gasteiger charge is -2.14.